The first-order valence-electron chi connectivity index (χ1n) is 5.25. The van der Waals surface area contributed by atoms with E-state index in [-0.39, 0.29) is 0 Å². The van der Waals surface area contributed by atoms with Crippen LogP contribution in [0.25, 0.3) is 11.0 Å². The monoisotopic (exact) mass is 291 g/mol. The maximum Gasteiger partial charge on any atom is 0.133 e. The molecular formula is C12H10BrN3O. The Hall–Kier alpha value is -1.62. The van der Waals surface area contributed by atoms with E-state index in [1.165, 1.54) is 0 Å². The predicted octanol–water partition coefficient (Wildman–Crippen LogP) is 3.14. The van der Waals surface area contributed by atoms with Crippen LogP contribution in [0.15, 0.2) is 39.6 Å². The van der Waals surface area contributed by atoms with Crippen molar-refractivity contribution in [1.82, 2.24) is 14.7 Å². The summed E-state index contributed by atoms with van der Waals surface area (Å²) in [5.41, 5.74) is 2.98. The van der Waals surface area contributed by atoms with Crippen LogP contribution < -0.4 is 0 Å². The van der Waals surface area contributed by atoms with E-state index in [2.05, 4.69) is 36.7 Å². The molecule has 0 atom stereocenters. The third-order valence-corrected chi connectivity index (χ3v) is 3.03. The van der Waals surface area contributed by atoms with Gasteiger partial charge in [0, 0.05) is 22.9 Å². The average Bonchev–Trinajstić information content (AvgIpc) is 2.87. The van der Waals surface area contributed by atoms with Crippen molar-refractivity contribution in [1.29, 1.82) is 0 Å². The van der Waals surface area contributed by atoms with E-state index >= 15 is 0 Å². The van der Waals surface area contributed by atoms with Crippen LogP contribution in [-0.4, -0.2) is 14.7 Å². The molecule has 0 amide bonds. The first-order chi connectivity index (χ1) is 8.22. The predicted molar refractivity (Wildman–Crippen MR) is 67.8 cm³/mol. The quantitative estimate of drug-likeness (QED) is 0.728. The summed E-state index contributed by atoms with van der Waals surface area (Å²) in [6.07, 6.45) is 3.81. The topological polar surface area (TPSA) is 43.9 Å². The lowest BCUT2D eigenvalue weighted by Crippen LogP contribution is -1.98. The summed E-state index contributed by atoms with van der Waals surface area (Å²) in [5.74, 6) is 0.829. The molecule has 3 aromatic rings. The van der Waals surface area contributed by atoms with Crippen molar-refractivity contribution >= 4 is 27.0 Å². The molecule has 0 saturated carbocycles. The molecule has 0 fully saturated rings. The van der Waals surface area contributed by atoms with E-state index < -0.39 is 0 Å². The zero-order valence-electron chi connectivity index (χ0n) is 9.22. The van der Waals surface area contributed by atoms with Crippen LogP contribution in [0.2, 0.25) is 0 Å². The van der Waals surface area contributed by atoms with Crippen molar-refractivity contribution in [3.8, 4) is 0 Å². The molecule has 3 rings (SSSR count). The van der Waals surface area contributed by atoms with Crippen LogP contribution in [0.3, 0.4) is 0 Å². The number of hydrogen-bond donors (Lipinski definition) is 0. The van der Waals surface area contributed by atoms with E-state index in [0.29, 0.717) is 6.54 Å². The first kappa shape index (κ1) is 10.5. The summed E-state index contributed by atoms with van der Waals surface area (Å²) < 4.78 is 8.14. The molecular weight excluding hydrogens is 282 g/mol. The molecule has 4 nitrogen and oxygen atoms in total. The third kappa shape index (κ3) is 1.98. The van der Waals surface area contributed by atoms with Crippen LogP contribution >= 0.6 is 15.9 Å². The standard InChI is InChI=1S/C12H10BrN3O/c1-8-4-10(15-17-8)7-16-3-2-11-12(16)5-9(13)6-14-11/h2-6H,7H2,1H3. The summed E-state index contributed by atoms with van der Waals surface area (Å²) in [5, 5.41) is 3.99. The molecule has 0 saturated heterocycles. The van der Waals surface area contributed by atoms with E-state index in [1.54, 1.807) is 6.20 Å². The molecule has 0 bridgehead atoms. The molecule has 0 aliphatic heterocycles. The Balaban J connectivity index is 2.03. The highest BCUT2D eigenvalue weighted by Crippen LogP contribution is 2.19. The minimum absolute atomic E-state index is 0.693. The van der Waals surface area contributed by atoms with Gasteiger partial charge in [-0.3, -0.25) is 4.98 Å². The SMILES string of the molecule is Cc1cc(Cn2ccc3ncc(Br)cc32)no1. The Morgan fingerprint density at radius 2 is 2.29 bits per heavy atom. The van der Waals surface area contributed by atoms with Crippen molar-refractivity contribution < 1.29 is 4.52 Å². The molecule has 0 aromatic carbocycles. The number of aromatic nitrogens is 3. The average molecular weight is 292 g/mol. The van der Waals surface area contributed by atoms with Crippen molar-refractivity contribution in [2.75, 3.05) is 0 Å². The van der Waals surface area contributed by atoms with Gasteiger partial charge in [0.1, 0.15) is 11.5 Å². The minimum atomic E-state index is 0.693. The van der Waals surface area contributed by atoms with Crippen LogP contribution in [0.1, 0.15) is 11.5 Å². The van der Waals surface area contributed by atoms with Gasteiger partial charge in [-0.25, -0.2) is 0 Å². The van der Waals surface area contributed by atoms with Crippen molar-refractivity contribution in [2.45, 2.75) is 13.5 Å². The van der Waals surface area contributed by atoms with Gasteiger partial charge >= 0.3 is 0 Å². The zero-order valence-corrected chi connectivity index (χ0v) is 10.8. The normalized spacial score (nSPS) is 11.2. The fourth-order valence-corrected chi connectivity index (χ4v) is 2.16. The summed E-state index contributed by atoms with van der Waals surface area (Å²) in [4.78, 5) is 4.34. The van der Waals surface area contributed by atoms with Gasteiger partial charge in [0.2, 0.25) is 0 Å². The highest BCUT2D eigenvalue weighted by atomic mass is 79.9. The number of rotatable bonds is 2. The van der Waals surface area contributed by atoms with Crippen molar-refractivity contribution in [2.24, 2.45) is 0 Å². The van der Waals surface area contributed by atoms with Gasteiger partial charge in [-0.2, -0.15) is 0 Å². The molecule has 0 aliphatic rings. The molecule has 0 radical (unpaired) electrons. The molecule has 86 valence electrons. The Morgan fingerprint density at radius 1 is 1.41 bits per heavy atom. The Kier molecular flexibility index (Phi) is 2.48. The van der Waals surface area contributed by atoms with E-state index in [1.807, 2.05) is 25.3 Å². The fraction of sp³-hybridized carbons (Fsp3) is 0.167. The van der Waals surface area contributed by atoms with Crippen LogP contribution in [-0.2, 0) is 6.54 Å². The van der Waals surface area contributed by atoms with Gasteiger partial charge in [0.05, 0.1) is 17.6 Å². The molecule has 3 aromatic heterocycles. The summed E-state index contributed by atoms with van der Waals surface area (Å²) in [6, 6.07) is 5.99. The summed E-state index contributed by atoms with van der Waals surface area (Å²) in [6.45, 7) is 2.58. The minimum Gasteiger partial charge on any atom is -0.361 e. The third-order valence-electron chi connectivity index (χ3n) is 2.59. The van der Waals surface area contributed by atoms with Gasteiger partial charge in [-0.05, 0) is 35.0 Å². The number of pyridine rings is 1. The molecule has 17 heavy (non-hydrogen) atoms. The number of halogens is 1. The molecule has 0 spiro atoms. The number of hydrogen-bond acceptors (Lipinski definition) is 3. The number of nitrogens with zero attached hydrogens (tertiary/aromatic N) is 3. The molecule has 0 N–H and O–H groups in total. The highest BCUT2D eigenvalue weighted by molar-refractivity contribution is 9.10. The van der Waals surface area contributed by atoms with Gasteiger partial charge in [-0.1, -0.05) is 5.16 Å². The first-order valence-corrected chi connectivity index (χ1v) is 6.04. The zero-order chi connectivity index (χ0) is 11.8. The number of aryl methyl sites for hydroxylation is 1. The van der Waals surface area contributed by atoms with Gasteiger partial charge in [0.15, 0.2) is 0 Å². The Bertz CT molecular complexity index is 671. The molecule has 0 aliphatic carbocycles. The number of fused-ring (bicyclic) bond motifs is 1. The van der Waals surface area contributed by atoms with Crippen molar-refractivity contribution in [3.63, 3.8) is 0 Å². The smallest absolute Gasteiger partial charge is 0.133 e. The van der Waals surface area contributed by atoms with E-state index in [0.717, 1.165) is 27.0 Å². The maximum absolute atomic E-state index is 5.06. The van der Waals surface area contributed by atoms with Gasteiger partial charge in [0.25, 0.3) is 0 Å². The van der Waals surface area contributed by atoms with Gasteiger partial charge < -0.3 is 9.09 Å². The Morgan fingerprint density at radius 3 is 3.06 bits per heavy atom. The lowest BCUT2D eigenvalue weighted by molar-refractivity contribution is 0.389. The molecule has 0 unspecified atom stereocenters. The molecule has 3 heterocycles. The summed E-state index contributed by atoms with van der Waals surface area (Å²) >= 11 is 3.43. The van der Waals surface area contributed by atoms with Crippen LogP contribution in [0.4, 0.5) is 0 Å². The van der Waals surface area contributed by atoms with E-state index in [4.69, 9.17) is 4.52 Å². The van der Waals surface area contributed by atoms with Crippen LogP contribution in [0, 0.1) is 6.92 Å². The van der Waals surface area contributed by atoms with Gasteiger partial charge in [-0.15, -0.1) is 0 Å². The molecule has 5 heteroatoms. The lowest BCUT2D eigenvalue weighted by Gasteiger charge is -2.01. The Labute approximate surface area is 106 Å². The maximum atomic E-state index is 5.06. The van der Waals surface area contributed by atoms with Crippen molar-refractivity contribution in [3.05, 3.63) is 46.5 Å². The summed E-state index contributed by atoms with van der Waals surface area (Å²) in [7, 11) is 0. The second kappa shape index (κ2) is 4.00. The largest absolute Gasteiger partial charge is 0.361 e. The van der Waals surface area contributed by atoms with E-state index in [9.17, 15) is 0 Å². The fourth-order valence-electron chi connectivity index (χ4n) is 1.84. The highest BCUT2D eigenvalue weighted by Gasteiger charge is 2.06. The van der Waals surface area contributed by atoms with Crippen LogP contribution in [0.5, 0.6) is 0 Å². The second-order valence-electron chi connectivity index (χ2n) is 3.93. The second-order valence-corrected chi connectivity index (χ2v) is 4.85. The lowest BCUT2D eigenvalue weighted by atomic mass is 10.3.